The number of hydrogen-bond acceptors (Lipinski definition) is 5. The van der Waals surface area contributed by atoms with E-state index in [2.05, 4.69) is 15.6 Å². The Hall–Kier alpha value is -1.08. The molecule has 0 radical (unpaired) electrons. The number of thioether (sulfide) groups is 1. The van der Waals surface area contributed by atoms with Gasteiger partial charge in [-0.15, -0.1) is 0 Å². The predicted molar refractivity (Wildman–Crippen MR) is 80.4 cm³/mol. The molecule has 0 aliphatic carbocycles. The predicted octanol–water partition coefficient (Wildman–Crippen LogP) is 2.71. The largest absolute Gasteiger partial charge is 0.387 e. The minimum Gasteiger partial charge on any atom is -0.387 e. The quantitative estimate of drug-likeness (QED) is 0.689. The van der Waals surface area contributed by atoms with E-state index in [1.807, 2.05) is 13.2 Å². The summed E-state index contributed by atoms with van der Waals surface area (Å²) in [5, 5.41) is 15.5. The standard InChI is InChI=1S/C13H21F2N3OS/c1-4-5-16-11-9(14)6-10(15)12(18-11)17-7-13(2,19)8-20-3/h6,19H,4-5,7-8H2,1-3H3,(H2,16,17,18). The van der Waals surface area contributed by atoms with Crippen molar-refractivity contribution in [1.29, 1.82) is 0 Å². The molecule has 1 aromatic heterocycles. The van der Waals surface area contributed by atoms with Crippen LogP contribution in [-0.2, 0) is 0 Å². The van der Waals surface area contributed by atoms with Gasteiger partial charge < -0.3 is 15.7 Å². The smallest absolute Gasteiger partial charge is 0.168 e. The lowest BCUT2D eigenvalue weighted by molar-refractivity contribution is 0.0995. The minimum atomic E-state index is -0.987. The van der Waals surface area contributed by atoms with Crippen molar-refractivity contribution in [1.82, 2.24) is 4.98 Å². The maximum atomic E-state index is 13.6. The van der Waals surface area contributed by atoms with Crippen LogP contribution >= 0.6 is 11.8 Å². The average molecular weight is 305 g/mol. The maximum Gasteiger partial charge on any atom is 0.168 e. The zero-order valence-electron chi connectivity index (χ0n) is 12.0. The molecule has 1 aromatic rings. The Kier molecular flexibility index (Phi) is 6.48. The highest BCUT2D eigenvalue weighted by molar-refractivity contribution is 7.98. The number of aliphatic hydroxyl groups is 1. The lowest BCUT2D eigenvalue weighted by Crippen LogP contribution is -2.36. The van der Waals surface area contributed by atoms with Crippen LogP contribution in [0.25, 0.3) is 0 Å². The molecule has 0 amide bonds. The second kappa shape index (κ2) is 7.64. The van der Waals surface area contributed by atoms with E-state index in [1.165, 1.54) is 11.8 Å². The molecule has 0 saturated carbocycles. The maximum absolute atomic E-state index is 13.6. The SMILES string of the molecule is CCCNc1nc(NCC(C)(O)CSC)c(F)cc1F. The van der Waals surface area contributed by atoms with Gasteiger partial charge in [-0.3, -0.25) is 0 Å². The van der Waals surface area contributed by atoms with E-state index in [0.717, 1.165) is 12.5 Å². The third-order valence-corrected chi connectivity index (χ3v) is 3.47. The number of anilines is 2. The van der Waals surface area contributed by atoms with Crippen LogP contribution in [0.1, 0.15) is 20.3 Å². The minimum absolute atomic E-state index is 0.0141. The zero-order valence-corrected chi connectivity index (χ0v) is 12.8. The first-order valence-corrected chi connectivity index (χ1v) is 7.84. The molecule has 0 fully saturated rings. The number of nitrogens with zero attached hydrogens (tertiary/aromatic N) is 1. The van der Waals surface area contributed by atoms with E-state index in [1.54, 1.807) is 6.92 Å². The topological polar surface area (TPSA) is 57.2 Å². The van der Waals surface area contributed by atoms with E-state index in [0.29, 0.717) is 12.3 Å². The Bertz CT molecular complexity index is 444. The van der Waals surface area contributed by atoms with Crippen molar-refractivity contribution in [3.05, 3.63) is 17.7 Å². The zero-order chi connectivity index (χ0) is 15.2. The molecule has 3 N–H and O–H groups in total. The summed E-state index contributed by atoms with van der Waals surface area (Å²) in [7, 11) is 0. The summed E-state index contributed by atoms with van der Waals surface area (Å²) in [6.07, 6.45) is 2.68. The Morgan fingerprint density at radius 1 is 1.30 bits per heavy atom. The van der Waals surface area contributed by atoms with Crippen molar-refractivity contribution < 1.29 is 13.9 Å². The number of nitrogens with one attached hydrogen (secondary N) is 2. The number of aromatic nitrogens is 1. The van der Waals surface area contributed by atoms with E-state index in [-0.39, 0.29) is 18.2 Å². The van der Waals surface area contributed by atoms with Gasteiger partial charge in [-0.2, -0.15) is 11.8 Å². The van der Waals surface area contributed by atoms with E-state index in [9.17, 15) is 13.9 Å². The molecule has 1 unspecified atom stereocenters. The first-order chi connectivity index (χ1) is 9.39. The molecule has 0 aliphatic heterocycles. The molecule has 1 heterocycles. The summed E-state index contributed by atoms with van der Waals surface area (Å²) in [5.74, 6) is -1.04. The molecule has 4 nitrogen and oxygen atoms in total. The van der Waals surface area contributed by atoms with Crippen molar-refractivity contribution >= 4 is 23.4 Å². The Labute approximate surface area is 122 Å². The van der Waals surface area contributed by atoms with Gasteiger partial charge in [0, 0.05) is 24.9 Å². The summed E-state index contributed by atoms with van der Waals surface area (Å²) >= 11 is 1.49. The van der Waals surface area contributed by atoms with Crippen LogP contribution in [0.4, 0.5) is 20.4 Å². The summed E-state index contributed by atoms with van der Waals surface area (Å²) in [4.78, 5) is 3.88. The fourth-order valence-corrected chi connectivity index (χ4v) is 2.32. The third-order valence-electron chi connectivity index (χ3n) is 2.56. The van der Waals surface area contributed by atoms with Gasteiger partial charge in [0.05, 0.1) is 5.60 Å². The Morgan fingerprint density at radius 2 is 1.90 bits per heavy atom. The summed E-state index contributed by atoms with van der Waals surface area (Å²) < 4.78 is 27.1. The number of pyridine rings is 1. The molecule has 0 saturated heterocycles. The van der Waals surface area contributed by atoms with Crippen molar-refractivity contribution in [2.24, 2.45) is 0 Å². The number of hydrogen-bond donors (Lipinski definition) is 3. The van der Waals surface area contributed by atoms with Gasteiger partial charge in [-0.1, -0.05) is 6.92 Å². The van der Waals surface area contributed by atoms with E-state index < -0.39 is 17.2 Å². The summed E-state index contributed by atoms with van der Waals surface area (Å²) in [6.45, 7) is 4.27. The Balaban J connectivity index is 2.79. The van der Waals surface area contributed by atoms with Gasteiger partial charge in [-0.05, 0) is 19.6 Å². The van der Waals surface area contributed by atoms with Gasteiger partial charge in [0.1, 0.15) is 0 Å². The Morgan fingerprint density at radius 3 is 2.45 bits per heavy atom. The molecule has 114 valence electrons. The molecular formula is C13H21F2N3OS. The third kappa shape index (κ3) is 5.13. The second-order valence-electron chi connectivity index (χ2n) is 4.86. The van der Waals surface area contributed by atoms with Gasteiger partial charge in [0.15, 0.2) is 23.3 Å². The van der Waals surface area contributed by atoms with E-state index in [4.69, 9.17) is 0 Å². The molecule has 0 bridgehead atoms. The lowest BCUT2D eigenvalue weighted by Gasteiger charge is -2.23. The van der Waals surface area contributed by atoms with Crippen molar-refractivity contribution in [3.63, 3.8) is 0 Å². The highest BCUT2D eigenvalue weighted by Gasteiger charge is 2.21. The highest BCUT2D eigenvalue weighted by atomic mass is 32.2. The monoisotopic (exact) mass is 305 g/mol. The van der Waals surface area contributed by atoms with E-state index >= 15 is 0 Å². The van der Waals surface area contributed by atoms with Gasteiger partial charge in [-0.25, -0.2) is 13.8 Å². The average Bonchev–Trinajstić information content (AvgIpc) is 2.36. The van der Waals surface area contributed by atoms with Crippen molar-refractivity contribution in [3.8, 4) is 0 Å². The van der Waals surface area contributed by atoms with Crippen LogP contribution in [0.15, 0.2) is 6.07 Å². The molecule has 0 aliphatic rings. The highest BCUT2D eigenvalue weighted by Crippen LogP contribution is 2.20. The lowest BCUT2D eigenvalue weighted by atomic mass is 10.1. The first-order valence-electron chi connectivity index (χ1n) is 6.44. The second-order valence-corrected chi connectivity index (χ2v) is 5.73. The fraction of sp³-hybridized carbons (Fsp3) is 0.615. The molecule has 1 rings (SSSR count). The normalized spacial score (nSPS) is 13.9. The van der Waals surface area contributed by atoms with Crippen LogP contribution in [0.3, 0.4) is 0 Å². The molecule has 1 atom stereocenters. The number of rotatable bonds is 8. The molecule has 20 heavy (non-hydrogen) atoms. The van der Waals surface area contributed by atoms with Gasteiger partial charge in [0.2, 0.25) is 0 Å². The summed E-state index contributed by atoms with van der Waals surface area (Å²) in [5.41, 5.74) is -0.987. The molecule has 7 heteroatoms. The van der Waals surface area contributed by atoms with Crippen LogP contribution in [0.2, 0.25) is 0 Å². The summed E-state index contributed by atoms with van der Waals surface area (Å²) in [6, 6.07) is 0.788. The van der Waals surface area contributed by atoms with Gasteiger partial charge in [0.25, 0.3) is 0 Å². The number of halogens is 2. The fourth-order valence-electron chi connectivity index (χ4n) is 1.59. The van der Waals surface area contributed by atoms with Gasteiger partial charge >= 0.3 is 0 Å². The first kappa shape index (κ1) is 17.0. The molecular weight excluding hydrogens is 284 g/mol. The van der Waals surface area contributed by atoms with Crippen molar-refractivity contribution in [2.75, 3.05) is 35.7 Å². The van der Waals surface area contributed by atoms with Crippen LogP contribution < -0.4 is 10.6 Å². The molecule has 0 aromatic carbocycles. The van der Waals surface area contributed by atoms with Crippen LogP contribution in [0.5, 0.6) is 0 Å². The molecule has 0 spiro atoms. The van der Waals surface area contributed by atoms with Crippen LogP contribution in [0, 0.1) is 11.6 Å². The van der Waals surface area contributed by atoms with Crippen molar-refractivity contribution in [2.45, 2.75) is 25.9 Å². The van der Waals surface area contributed by atoms with Crippen LogP contribution in [-0.4, -0.2) is 40.8 Å².